The second kappa shape index (κ2) is 9.32. The Labute approximate surface area is 183 Å². The zero-order valence-corrected chi connectivity index (χ0v) is 17.3. The Balaban J connectivity index is 1.46. The number of amides is 1. The summed E-state index contributed by atoms with van der Waals surface area (Å²) in [5.74, 6) is -3.72. The Bertz CT molecular complexity index is 954. The molecule has 172 valence electrons. The van der Waals surface area contributed by atoms with Crippen LogP contribution in [-0.2, 0) is 16.0 Å². The van der Waals surface area contributed by atoms with Crippen molar-refractivity contribution in [2.45, 2.75) is 25.2 Å². The van der Waals surface area contributed by atoms with Gasteiger partial charge in [0.2, 0.25) is 5.91 Å². The number of nitrogens with one attached hydrogen (secondary N) is 2. The van der Waals surface area contributed by atoms with E-state index in [4.69, 9.17) is 4.74 Å². The van der Waals surface area contributed by atoms with Crippen LogP contribution in [0.5, 0.6) is 0 Å². The van der Waals surface area contributed by atoms with Gasteiger partial charge in [-0.2, -0.15) is 0 Å². The SMILES string of the molecule is O=C(Cc1cc(F)cc(F)c1)Nc1ccc(NCC2CCOCC2)nc1N1CC(F)(F)C1. The average Bonchev–Trinajstić information content (AvgIpc) is 2.71. The highest BCUT2D eigenvalue weighted by atomic mass is 19.3. The minimum Gasteiger partial charge on any atom is -0.381 e. The molecule has 6 nitrogen and oxygen atoms in total. The summed E-state index contributed by atoms with van der Waals surface area (Å²) in [5.41, 5.74) is 0.429. The summed E-state index contributed by atoms with van der Waals surface area (Å²) in [7, 11) is 0. The first-order chi connectivity index (χ1) is 15.3. The highest BCUT2D eigenvalue weighted by molar-refractivity contribution is 5.95. The van der Waals surface area contributed by atoms with Gasteiger partial charge in [0.15, 0.2) is 5.82 Å². The smallest absolute Gasteiger partial charge is 0.282 e. The number of halogens is 4. The predicted octanol–water partition coefficient (Wildman–Crippen LogP) is 3.83. The first-order valence-electron chi connectivity index (χ1n) is 10.5. The number of carbonyl (C=O) groups excluding carboxylic acids is 1. The monoisotopic (exact) mass is 452 g/mol. The van der Waals surface area contributed by atoms with Gasteiger partial charge in [-0.1, -0.05) is 0 Å². The number of aromatic nitrogens is 1. The van der Waals surface area contributed by atoms with Crippen LogP contribution >= 0.6 is 0 Å². The van der Waals surface area contributed by atoms with E-state index in [9.17, 15) is 22.4 Å². The van der Waals surface area contributed by atoms with Gasteiger partial charge >= 0.3 is 0 Å². The maximum absolute atomic E-state index is 13.5. The van der Waals surface area contributed by atoms with Gasteiger partial charge in [-0.05, 0) is 48.6 Å². The van der Waals surface area contributed by atoms with E-state index in [2.05, 4.69) is 15.6 Å². The fourth-order valence-electron chi connectivity index (χ4n) is 3.84. The summed E-state index contributed by atoms with van der Waals surface area (Å²) in [5, 5.41) is 5.86. The number of carbonyl (C=O) groups is 1. The number of hydrogen-bond donors (Lipinski definition) is 2. The largest absolute Gasteiger partial charge is 0.381 e. The average molecular weight is 452 g/mol. The maximum atomic E-state index is 13.5. The molecule has 0 atom stereocenters. The first-order valence-corrected chi connectivity index (χ1v) is 10.5. The summed E-state index contributed by atoms with van der Waals surface area (Å²) < 4.78 is 59.0. The second-order valence-corrected chi connectivity index (χ2v) is 8.22. The van der Waals surface area contributed by atoms with Crippen LogP contribution in [0.3, 0.4) is 0 Å². The maximum Gasteiger partial charge on any atom is 0.282 e. The van der Waals surface area contributed by atoms with E-state index in [1.165, 1.54) is 4.90 Å². The summed E-state index contributed by atoms with van der Waals surface area (Å²) in [6.45, 7) is 1.12. The fourth-order valence-corrected chi connectivity index (χ4v) is 3.84. The molecule has 1 aromatic heterocycles. The number of benzene rings is 1. The number of pyridine rings is 1. The number of nitrogens with zero attached hydrogens (tertiary/aromatic N) is 2. The molecular formula is C22H24F4N4O2. The van der Waals surface area contributed by atoms with Gasteiger partial charge in [-0.3, -0.25) is 4.79 Å². The lowest BCUT2D eigenvalue weighted by Gasteiger charge is -2.40. The van der Waals surface area contributed by atoms with Crippen molar-refractivity contribution in [1.82, 2.24) is 4.98 Å². The molecule has 10 heteroatoms. The molecule has 2 saturated heterocycles. The molecule has 32 heavy (non-hydrogen) atoms. The molecule has 0 unspecified atom stereocenters. The van der Waals surface area contributed by atoms with Crippen LogP contribution in [-0.4, -0.2) is 49.7 Å². The van der Waals surface area contributed by atoms with Crippen LogP contribution in [0.15, 0.2) is 30.3 Å². The molecule has 4 rings (SSSR count). The normalized spacial score (nSPS) is 18.2. The van der Waals surface area contributed by atoms with Crippen molar-refractivity contribution in [3.8, 4) is 0 Å². The Morgan fingerprint density at radius 3 is 2.47 bits per heavy atom. The molecule has 0 bridgehead atoms. The zero-order valence-electron chi connectivity index (χ0n) is 17.3. The molecule has 0 radical (unpaired) electrons. The highest BCUT2D eigenvalue weighted by Crippen LogP contribution is 2.35. The van der Waals surface area contributed by atoms with E-state index in [1.807, 2.05) is 0 Å². The molecule has 0 aliphatic carbocycles. The van der Waals surface area contributed by atoms with E-state index in [0.717, 1.165) is 31.0 Å². The van der Waals surface area contributed by atoms with Gasteiger partial charge in [0, 0.05) is 25.8 Å². The van der Waals surface area contributed by atoms with Gasteiger partial charge in [-0.25, -0.2) is 22.5 Å². The third kappa shape index (κ3) is 5.67. The lowest BCUT2D eigenvalue weighted by Crippen LogP contribution is -2.56. The standard InChI is InChI=1S/C22H24F4N4O2/c23-16-7-15(8-17(24)10-16)9-20(31)28-18-1-2-19(27-11-14-3-5-32-6-4-14)29-21(18)30-12-22(25,26)13-30/h1-2,7-8,10,14H,3-6,9,11-13H2,(H,27,29)(H,28,31). The lowest BCUT2D eigenvalue weighted by molar-refractivity contribution is -0.115. The fraction of sp³-hybridized carbons (Fsp3) is 0.455. The molecule has 2 aromatic rings. The Hall–Kier alpha value is -2.88. The van der Waals surface area contributed by atoms with Crippen molar-refractivity contribution in [3.05, 3.63) is 47.5 Å². The van der Waals surface area contributed by atoms with Gasteiger partial charge in [0.1, 0.15) is 17.5 Å². The van der Waals surface area contributed by atoms with Crippen LogP contribution in [0.4, 0.5) is 34.9 Å². The van der Waals surface area contributed by atoms with E-state index in [-0.39, 0.29) is 23.5 Å². The third-order valence-corrected chi connectivity index (χ3v) is 5.49. The van der Waals surface area contributed by atoms with Crippen molar-refractivity contribution < 1.29 is 27.1 Å². The van der Waals surface area contributed by atoms with Crippen LogP contribution in [0.2, 0.25) is 0 Å². The molecule has 2 aliphatic heterocycles. The quantitative estimate of drug-likeness (QED) is 0.625. The van der Waals surface area contributed by atoms with Gasteiger partial charge < -0.3 is 20.3 Å². The molecule has 2 aliphatic rings. The topological polar surface area (TPSA) is 66.5 Å². The number of ether oxygens (including phenoxy) is 1. The minimum atomic E-state index is -2.81. The van der Waals surface area contributed by atoms with E-state index < -0.39 is 36.6 Å². The molecular weight excluding hydrogens is 428 g/mol. The van der Waals surface area contributed by atoms with Crippen molar-refractivity contribution in [2.75, 3.05) is 48.4 Å². The van der Waals surface area contributed by atoms with Crippen LogP contribution in [0, 0.1) is 17.6 Å². The minimum absolute atomic E-state index is 0.166. The van der Waals surface area contributed by atoms with Crippen molar-refractivity contribution >= 4 is 23.2 Å². The van der Waals surface area contributed by atoms with Gasteiger partial charge in [-0.15, -0.1) is 0 Å². The van der Waals surface area contributed by atoms with E-state index in [0.29, 0.717) is 31.5 Å². The van der Waals surface area contributed by atoms with E-state index in [1.54, 1.807) is 12.1 Å². The van der Waals surface area contributed by atoms with Gasteiger partial charge in [0.05, 0.1) is 25.2 Å². The second-order valence-electron chi connectivity index (χ2n) is 8.22. The Morgan fingerprint density at radius 2 is 1.81 bits per heavy atom. The molecule has 0 saturated carbocycles. The van der Waals surface area contributed by atoms with Crippen LogP contribution in [0.1, 0.15) is 18.4 Å². The molecule has 0 spiro atoms. The number of hydrogen-bond acceptors (Lipinski definition) is 5. The third-order valence-electron chi connectivity index (χ3n) is 5.49. The summed E-state index contributed by atoms with van der Waals surface area (Å²) in [4.78, 5) is 18.3. The van der Waals surface area contributed by atoms with Gasteiger partial charge in [0.25, 0.3) is 5.92 Å². The summed E-state index contributed by atoms with van der Waals surface area (Å²) in [6, 6.07) is 6.12. The summed E-state index contributed by atoms with van der Waals surface area (Å²) >= 11 is 0. The van der Waals surface area contributed by atoms with Crippen molar-refractivity contribution in [2.24, 2.45) is 5.92 Å². The molecule has 3 heterocycles. The van der Waals surface area contributed by atoms with Crippen LogP contribution < -0.4 is 15.5 Å². The summed E-state index contributed by atoms with van der Waals surface area (Å²) in [6.07, 6.45) is 1.61. The number of alkyl halides is 2. The van der Waals surface area contributed by atoms with Crippen molar-refractivity contribution in [1.29, 1.82) is 0 Å². The molecule has 2 fully saturated rings. The number of rotatable bonds is 7. The van der Waals surface area contributed by atoms with Crippen LogP contribution in [0.25, 0.3) is 0 Å². The Kier molecular flexibility index (Phi) is 6.50. The predicted molar refractivity (Wildman–Crippen MR) is 112 cm³/mol. The molecule has 1 amide bonds. The zero-order chi connectivity index (χ0) is 22.7. The Morgan fingerprint density at radius 1 is 1.12 bits per heavy atom. The van der Waals surface area contributed by atoms with E-state index >= 15 is 0 Å². The highest BCUT2D eigenvalue weighted by Gasteiger charge is 2.45. The molecule has 1 aromatic carbocycles. The lowest BCUT2D eigenvalue weighted by atomic mass is 10.0. The first kappa shape index (κ1) is 22.3. The number of anilines is 3. The van der Waals surface area contributed by atoms with Crippen molar-refractivity contribution in [3.63, 3.8) is 0 Å². The molecule has 2 N–H and O–H groups in total.